The van der Waals surface area contributed by atoms with Crippen LogP contribution in [0.4, 0.5) is 0 Å². The van der Waals surface area contributed by atoms with Gasteiger partial charge >= 0.3 is 0 Å². The van der Waals surface area contributed by atoms with E-state index in [1.807, 2.05) is 48.7 Å². The average Bonchev–Trinajstić information content (AvgIpc) is 3.39. The summed E-state index contributed by atoms with van der Waals surface area (Å²) in [5.74, 6) is 0.550. The Morgan fingerprint density at radius 2 is 1.96 bits per heavy atom. The number of fused-ring (bicyclic) bond motifs is 1. The normalized spacial score (nSPS) is 11.4. The van der Waals surface area contributed by atoms with Crippen LogP contribution in [0, 0.1) is 13.8 Å². The van der Waals surface area contributed by atoms with Gasteiger partial charge in [-0.3, -0.25) is 4.79 Å². The van der Waals surface area contributed by atoms with E-state index in [-0.39, 0.29) is 18.9 Å². The van der Waals surface area contributed by atoms with Gasteiger partial charge in [-0.15, -0.1) is 11.3 Å². The fourth-order valence-corrected chi connectivity index (χ4v) is 4.45. The van der Waals surface area contributed by atoms with Crippen LogP contribution in [0.2, 0.25) is 0 Å². The number of benzene rings is 1. The van der Waals surface area contributed by atoms with Crippen molar-refractivity contribution in [2.24, 2.45) is 0 Å². The summed E-state index contributed by atoms with van der Waals surface area (Å²) in [4.78, 5) is 18.9. The molecule has 28 heavy (non-hydrogen) atoms. The van der Waals surface area contributed by atoms with Gasteiger partial charge in [0.15, 0.2) is 5.78 Å². The number of aliphatic hydroxyl groups is 1. The highest BCUT2D eigenvalue weighted by molar-refractivity contribution is 7.09. The molecule has 0 fully saturated rings. The van der Waals surface area contributed by atoms with Gasteiger partial charge in [-0.25, -0.2) is 4.98 Å². The first-order valence-corrected chi connectivity index (χ1v) is 10.2. The number of aromatic nitrogens is 3. The molecule has 4 rings (SSSR count). The molecular formula is C22H23N3O2S. The zero-order valence-electron chi connectivity index (χ0n) is 16.1. The predicted octanol–water partition coefficient (Wildman–Crippen LogP) is 4.13. The SMILES string of the molecule is Cc1cc(C(=O)Cn2c(CO)nc3ccccc32)c(C)n1CCc1cccs1. The van der Waals surface area contributed by atoms with Gasteiger partial charge in [0.1, 0.15) is 12.4 Å². The Morgan fingerprint density at radius 3 is 2.71 bits per heavy atom. The molecule has 0 bridgehead atoms. The fraction of sp³-hybridized carbons (Fsp3) is 0.273. The topological polar surface area (TPSA) is 60.1 Å². The van der Waals surface area contributed by atoms with Gasteiger partial charge in [0.05, 0.1) is 17.6 Å². The van der Waals surface area contributed by atoms with E-state index in [0.29, 0.717) is 5.82 Å². The maximum Gasteiger partial charge on any atom is 0.184 e. The summed E-state index contributed by atoms with van der Waals surface area (Å²) in [5.41, 5.74) is 4.49. The van der Waals surface area contributed by atoms with Gasteiger partial charge in [0.2, 0.25) is 0 Å². The van der Waals surface area contributed by atoms with Crippen molar-refractivity contribution >= 4 is 28.2 Å². The molecule has 0 aliphatic carbocycles. The summed E-state index contributed by atoms with van der Waals surface area (Å²) in [5, 5.41) is 11.8. The zero-order valence-corrected chi connectivity index (χ0v) is 16.9. The number of Topliss-reactive ketones (excluding diaryl/α,β-unsaturated/α-hetero) is 1. The second-order valence-electron chi connectivity index (χ2n) is 6.95. The van der Waals surface area contributed by atoms with Crippen LogP contribution in [-0.2, 0) is 26.1 Å². The van der Waals surface area contributed by atoms with E-state index in [2.05, 4.69) is 27.1 Å². The van der Waals surface area contributed by atoms with Crippen LogP contribution in [0.1, 0.15) is 32.4 Å². The van der Waals surface area contributed by atoms with Crippen LogP contribution < -0.4 is 0 Å². The highest BCUT2D eigenvalue weighted by Gasteiger charge is 2.19. The molecule has 1 N–H and O–H groups in total. The summed E-state index contributed by atoms with van der Waals surface area (Å²) < 4.78 is 4.03. The van der Waals surface area contributed by atoms with Gasteiger partial charge in [0, 0.05) is 28.4 Å². The standard InChI is InChI=1S/C22H23N3O2S/c1-15-12-18(16(2)24(15)10-9-17-6-5-11-28-17)21(27)13-25-20-8-4-3-7-19(20)23-22(25)14-26/h3-8,11-12,26H,9-10,13-14H2,1-2H3. The van der Waals surface area contributed by atoms with Crippen LogP contribution in [-0.4, -0.2) is 25.0 Å². The number of ketones is 1. The largest absolute Gasteiger partial charge is 0.388 e. The number of aliphatic hydroxyl groups excluding tert-OH is 1. The third kappa shape index (κ3) is 3.41. The lowest BCUT2D eigenvalue weighted by atomic mass is 10.1. The minimum atomic E-state index is -0.193. The molecule has 0 amide bonds. The van der Waals surface area contributed by atoms with Crippen LogP contribution in [0.25, 0.3) is 11.0 Å². The highest BCUT2D eigenvalue weighted by Crippen LogP contribution is 2.21. The number of para-hydroxylation sites is 2. The summed E-state index contributed by atoms with van der Waals surface area (Å²) in [6.07, 6.45) is 0.961. The number of hydrogen-bond acceptors (Lipinski definition) is 4. The van der Waals surface area contributed by atoms with Crippen molar-refractivity contribution in [3.8, 4) is 0 Å². The van der Waals surface area contributed by atoms with E-state index in [9.17, 15) is 9.90 Å². The van der Waals surface area contributed by atoms with Gasteiger partial charge in [-0.1, -0.05) is 18.2 Å². The van der Waals surface area contributed by atoms with Crippen LogP contribution in [0.3, 0.4) is 0 Å². The average molecular weight is 394 g/mol. The van der Waals surface area contributed by atoms with Crippen LogP contribution >= 0.6 is 11.3 Å². The lowest BCUT2D eigenvalue weighted by Gasteiger charge is -2.10. The molecule has 0 spiro atoms. The third-order valence-electron chi connectivity index (χ3n) is 5.21. The van der Waals surface area contributed by atoms with Gasteiger partial charge in [-0.2, -0.15) is 0 Å². The smallest absolute Gasteiger partial charge is 0.184 e. The quantitative estimate of drug-likeness (QED) is 0.480. The first-order chi connectivity index (χ1) is 13.6. The van der Waals surface area contributed by atoms with Crippen molar-refractivity contribution < 1.29 is 9.90 Å². The minimum Gasteiger partial charge on any atom is -0.388 e. The van der Waals surface area contributed by atoms with Crippen molar-refractivity contribution in [2.45, 2.75) is 40.0 Å². The number of thiophene rings is 1. The Labute approximate surface area is 167 Å². The maximum absolute atomic E-state index is 13.1. The molecular weight excluding hydrogens is 370 g/mol. The fourth-order valence-electron chi connectivity index (χ4n) is 3.76. The first-order valence-electron chi connectivity index (χ1n) is 9.35. The van der Waals surface area contributed by atoms with E-state index >= 15 is 0 Å². The molecule has 0 saturated heterocycles. The maximum atomic E-state index is 13.1. The number of aryl methyl sites for hydroxylation is 2. The van der Waals surface area contributed by atoms with Gasteiger partial charge in [-0.05, 0) is 49.9 Å². The van der Waals surface area contributed by atoms with E-state index in [0.717, 1.165) is 41.0 Å². The number of carbonyl (C=O) groups is 1. The Morgan fingerprint density at radius 1 is 1.14 bits per heavy atom. The zero-order chi connectivity index (χ0) is 19.7. The first kappa shape index (κ1) is 18.7. The van der Waals surface area contributed by atoms with Crippen molar-refractivity contribution in [3.63, 3.8) is 0 Å². The summed E-state index contributed by atoms with van der Waals surface area (Å²) in [7, 11) is 0. The summed E-state index contributed by atoms with van der Waals surface area (Å²) in [6, 6.07) is 13.8. The van der Waals surface area contributed by atoms with Crippen LogP contribution in [0.15, 0.2) is 47.8 Å². The molecule has 0 unspecified atom stereocenters. The molecule has 0 saturated carbocycles. The predicted molar refractivity (Wildman–Crippen MR) is 112 cm³/mol. The lowest BCUT2D eigenvalue weighted by molar-refractivity contribution is 0.0970. The third-order valence-corrected chi connectivity index (χ3v) is 6.15. The second kappa shape index (κ2) is 7.73. The van der Waals surface area contributed by atoms with E-state index in [4.69, 9.17) is 0 Å². The molecule has 4 aromatic rings. The molecule has 0 aliphatic rings. The van der Waals surface area contributed by atoms with E-state index < -0.39 is 0 Å². The molecule has 5 nitrogen and oxygen atoms in total. The number of imidazole rings is 1. The minimum absolute atomic E-state index is 0.0355. The molecule has 0 atom stereocenters. The Balaban J connectivity index is 1.60. The van der Waals surface area contributed by atoms with Gasteiger partial charge in [0.25, 0.3) is 0 Å². The van der Waals surface area contributed by atoms with E-state index in [1.165, 1.54) is 4.88 Å². The van der Waals surface area contributed by atoms with Gasteiger partial charge < -0.3 is 14.2 Å². The Hall–Kier alpha value is -2.70. The number of nitrogens with zero attached hydrogens (tertiary/aromatic N) is 3. The molecule has 0 aliphatic heterocycles. The summed E-state index contributed by atoms with van der Waals surface area (Å²) in [6.45, 7) is 4.90. The van der Waals surface area contributed by atoms with Crippen molar-refractivity contribution in [2.75, 3.05) is 0 Å². The molecule has 144 valence electrons. The Kier molecular flexibility index (Phi) is 5.15. The van der Waals surface area contributed by atoms with Crippen molar-refractivity contribution in [1.82, 2.24) is 14.1 Å². The molecule has 3 aromatic heterocycles. The second-order valence-corrected chi connectivity index (χ2v) is 7.98. The molecule has 3 heterocycles. The van der Waals surface area contributed by atoms with Crippen LogP contribution in [0.5, 0.6) is 0 Å². The van der Waals surface area contributed by atoms with E-state index in [1.54, 1.807) is 11.3 Å². The van der Waals surface area contributed by atoms with Crippen molar-refractivity contribution in [1.29, 1.82) is 0 Å². The van der Waals surface area contributed by atoms with Crippen molar-refractivity contribution in [3.05, 3.63) is 75.5 Å². The number of hydrogen-bond donors (Lipinski definition) is 1. The molecule has 6 heteroatoms. The lowest BCUT2D eigenvalue weighted by Crippen LogP contribution is -2.14. The highest BCUT2D eigenvalue weighted by atomic mass is 32.1. The number of rotatable bonds is 7. The molecule has 0 radical (unpaired) electrons. The Bertz CT molecular complexity index is 1120. The monoisotopic (exact) mass is 393 g/mol. The summed E-state index contributed by atoms with van der Waals surface area (Å²) >= 11 is 1.76. The number of carbonyl (C=O) groups excluding carboxylic acids is 1. The molecule has 1 aromatic carbocycles.